The third-order valence-electron chi connectivity index (χ3n) is 4.15. The number of benzene rings is 1. The van der Waals surface area contributed by atoms with E-state index in [2.05, 4.69) is 26.6 Å². The fourth-order valence-electron chi connectivity index (χ4n) is 2.87. The van der Waals surface area contributed by atoms with Gasteiger partial charge in [0.15, 0.2) is 0 Å². The summed E-state index contributed by atoms with van der Waals surface area (Å²) in [6.45, 7) is 0. The molecule has 0 heterocycles. The average molecular weight is 394 g/mol. The fourth-order valence-corrected chi connectivity index (χ4v) is 3.69. The van der Waals surface area contributed by atoms with E-state index in [4.69, 9.17) is 23.2 Å². The first-order valence-electron chi connectivity index (χ1n) is 7.10. The second kappa shape index (κ2) is 7.32. The first kappa shape index (κ1) is 17.1. The van der Waals surface area contributed by atoms with Gasteiger partial charge in [-0.25, -0.2) is 0 Å². The molecule has 21 heavy (non-hydrogen) atoms. The molecular formula is C15H19BrCl2N2O. The minimum absolute atomic E-state index is 0.0356. The third kappa shape index (κ3) is 4.13. The molecule has 2 N–H and O–H groups in total. The van der Waals surface area contributed by atoms with Crippen LogP contribution in [0.1, 0.15) is 38.5 Å². The van der Waals surface area contributed by atoms with E-state index in [1.165, 1.54) is 19.3 Å². The molecule has 1 aromatic rings. The maximum Gasteiger partial charge on any atom is 0.226 e. The highest BCUT2D eigenvalue weighted by molar-refractivity contribution is 9.10. The second-order valence-electron chi connectivity index (χ2n) is 5.54. The molecule has 1 fully saturated rings. The van der Waals surface area contributed by atoms with Gasteiger partial charge in [0.2, 0.25) is 5.91 Å². The summed E-state index contributed by atoms with van der Waals surface area (Å²) >= 11 is 15.5. The van der Waals surface area contributed by atoms with Crippen LogP contribution in [0.2, 0.25) is 10.0 Å². The van der Waals surface area contributed by atoms with E-state index in [9.17, 15) is 4.79 Å². The Hall–Kier alpha value is -0.290. The van der Waals surface area contributed by atoms with Crippen LogP contribution >= 0.6 is 39.1 Å². The van der Waals surface area contributed by atoms with Gasteiger partial charge in [0.1, 0.15) is 0 Å². The molecule has 116 valence electrons. The Bertz CT molecular complexity index is 531. The highest BCUT2D eigenvalue weighted by Crippen LogP contribution is 2.36. The Labute approximate surface area is 143 Å². The van der Waals surface area contributed by atoms with E-state index in [0.717, 1.165) is 12.8 Å². The van der Waals surface area contributed by atoms with Gasteiger partial charge >= 0.3 is 0 Å². The summed E-state index contributed by atoms with van der Waals surface area (Å²) in [5.41, 5.74) is 0.463. The number of anilines is 1. The Balaban J connectivity index is 2.06. The predicted octanol–water partition coefficient (Wildman–Crippen LogP) is 5.01. The van der Waals surface area contributed by atoms with Gasteiger partial charge in [0.25, 0.3) is 0 Å². The van der Waals surface area contributed by atoms with Crippen molar-refractivity contribution in [3.63, 3.8) is 0 Å². The lowest BCUT2D eigenvalue weighted by Crippen LogP contribution is -2.47. The number of nitrogens with one attached hydrogen (secondary N) is 2. The summed E-state index contributed by atoms with van der Waals surface area (Å²) in [6, 6.07) is 3.53. The molecule has 3 nitrogen and oxygen atoms in total. The molecular weight excluding hydrogens is 375 g/mol. The second-order valence-corrected chi connectivity index (χ2v) is 7.15. The van der Waals surface area contributed by atoms with Gasteiger partial charge in [-0.2, -0.15) is 0 Å². The standard InChI is InChI=1S/C15H19BrCl2N2O/c1-19-15(7-3-2-4-8-15)9-12(21)20-11-6-5-10(16)13(17)14(11)18/h5-6,19H,2-4,7-9H2,1H3,(H,20,21). The van der Waals surface area contributed by atoms with Crippen molar-refractivity contribution in [3.8, 4) is 0 Å². The van der Waals surface area contributed by atoms with Gasteiger partial charge in [-0.05, 0) is 48.0 Å². The predicted molar refractivity (Wildman–Crippen MR) is 92.3 cm³/mol. The molecule has 1 saturated carbocycles. The Morgan fingerprint density at radius 2 is 1.90 bits per heavy atom. The van der Waals surface area contributed by atoms with E-state index >= 15 is 0 Å². The third-order valence-corrected chi connectivity index (χ3v) is 5.92. The molecule has 1 aliphatic rings. The van der Waals surface area contributed by atoms with Crippen molar-refractivity contribution in [3.05, 3.63) is 26.7 Å². The molecule has 1 aromatic carbocycles. The van der Waals surface area contributed by atoms with Crippen LogP contribution in [0, 0.1) is 0 Å². The zero-order valence-electron chi connectivity index (χ0n) is 11.9. The first-order chi connectivity index (χ1) is 9.97. The SMILES string of the molecule is CNC1(CC(=O)Nc2ccc(Br)c(Cl)c2Cl)CCCCC1. The summed E-state index contributed by atoms with van der Waals surface area (Å²) in [6.07, 6.45) is 6.10. The van der Waals surface area contributed by atoms with Crippen molar-refractivity contribution in [1.82, 2.24) is 5.32 Å². The smallest absolute Gasteiger partial charge is 0.226 e. The summed E-state index contributed by atoms with van der Waals surface area (Å²) < 4.78 is 0.714. The molecule has 0 aliphatic heterocycles. The van der Waals surface area contributed by atoms with E-state index in [1.807, 2.05) is 7.05 Å². The Kier molecular flexibility index (Phi) is 5.95. The molecule has 0 unspecified atom stereocenters. The van der Waals surface area contributed by atoms with Crippen LogP contribution in [0.4, 0.5) is 5.69 Å². The number of carbonyl (C=O) groups excluding carboxylic acids is 1. The van der Waals surface area contributed by atoms with Crippen LogP contribution in [0.25, 0.3) is 0 Å². The lowest BCUT2D eigenvalue weighted by molar-refractivity contribution is -0.117. The van der Waals surface area contributed by atoms with Gasteiger partial charge in [0.05, 0.1) is 15.7 Å². The maximum absolute atomic E-state index is 12.3. The molecule has 0 bridgehead atoms. The molecule has 0 saturated heterocycles. The highest BCUT2D eigenvalue weighted by Gasteiger charge is 2.32. The maximum atomic E-state index is 12.3. The number of carbonyl (C=O) groups is 1. The van der Waals surface area contributed by atoms with Gasteiger partial charge < -0.3 is 10.6 Å². The van der Waals surface area contributed by atoms with Crippen LogP contribution in [0.5, 0.6) is 0 Å². The lowest BCUT2D eigenvalue weighted by atomic mass is 9.79. The molecule has 0 spiro atoms. The Morgan fingerprint density at radius 1 is 1.24 bits per heavy atom. The van der Waals surface area contributed by atoms with E-state index in [0.29, 0.717) is 26.6 Å². The van der Waals surface area contributed by atoms with Gasteiger partial charge in [-0.15, -0.1) is 0 Å². The summed E-state index contributed by atoms with van der Waals surface area (Å²) in [5, 5.41) is 6.99. The number of hydrogen-bond acceptors (Lipinski definition) is 2. The zero-order chi connectivity index (χ0) is 15.5. The van der Waals surface area contributed by atoms with E-state index < -0.39 is 0 Å². The molecule has 0 atom stereocenters. The van der Waals surface area contributed by atoms with Crippen LogP contribution < -0.4 is 10.6 Å². The van der Waals surface area contributed by atoms with E-state index in [-0.39, 0.29) is 11.4 Å². The van der Waals surface area contributed by atoms with Crippen molar-refractivity contribution in [1.29, 1.82) is 0 Å². The number of halogens is 3. The first-order valence-corrected chi connectivity index (χ1v) is 8.64. The minimum Gasteiger partial charge on any atom is -0.325 e. The summed E-state index contributed by atoms with van der Waals surface area (Å²) in [4.78, 5) is 12.3. The Morgan fingerprint density at radius 3 is 2.52 bits per heavy atom. The normalized spacial score (nSPS) is 17.5. The molecule has 0 aromatic heterocycles. The number of hydrogen-bond donors (Lipinski definition) is 2. The van der Waals surface area contributed by atoms with Crippen LogP contribution in [-0.4, -0.2) is 18.5 Å². The van der Waals surface area contributed by atoms with Crippen LogP contribution in [-0.2, 0) is 4.79 Å². The minimum atomic E-state index is -0.0893. The topological polar surface area (TPSA) is 41.1 Å². The van der Waals surface area contributed by atoms with Gasteiger partial charge in [0, 0.05) is 16.4 Å². The van der Waals surface area contributed by atoms with Crippen molar-refractivity contribution in [2.75, 3.05) is 12.4 Å². The number of amides is 1. The molecule has 0 radical (unpaired) electrons. The van der Waals surface area contributed by atoms with E-state index in [1.54, 1.807) is 12.1 Å². The average Bonchev–Trinajstić information content (AvgIpc) is 2.49. The number of rotatable bonds is 4. The summed E-state index contributed by atoms with van der Waals surface area (Å²) in [5.74, 6) is -0.0356. The van der Waals surface area contributed by atoms with Crippen molar-refractivity contribution < 1.29 is 4.79 Å². The van der Waals surface area contributed by atoms with Crippen molar-refractivity contribution >= 4 is 50.7 Å². The molecule has 6 heteroatoms. The van der Waals surface area contributed by atoms with Gasteiger partial charge in [-0.3, -0.25) is 4.79 Å². The van der Waals surface area contributed by atoms with Crippen molar-refractivity contribution in [2.45, 2.75) is 44.1 Å². The fraction of sp³-hybridized carbons (Fsp3) is 0.533. The molecule has 2 rings (SSSR count). The van der Waals surface area contributed by atoms with Crippen LogP contribution in [0.3, 0.4) is 0 Å². The monoisotopic (exact) mass is 392 g/mol. The molecule has 1 amide bonds. The van der Waals surface area contributed by atoms with Gasteiger partial charge in [-0.1, -0.05) is 42.5 Å². The van der Waals surface area contributed by atoms with Crippen molar-refractivity contribution in [2.24, 2.45) is 0 Å². The summed E-state index contributed by atoms with van der Waals surface area (Å²) in [7, 11) is 1.93. The molecule has 1 aliphatic carbocycles. The highest BCUT2D eigenvalue weighted by atomic mass is 79.9. The zero-order valence-corrected chi connectivity index (χ0v) is 15.0. The lowest BCUT2D eigenvalue weighted by Gasteiger charge is -2.36. The largest absolute Gasteiger partial charge is 0.325 e. The van der Waals surface area contributed by atoms with Crippen LogP contribution in [0.15, 0.2) is 16.6 Å². The quantitative estimate of drug-likeness (QED) is 0.706.